The lowest BCUT2D eigenvalue weighted by atomic mass is 9.95. The van der Waals surface area contributed by atoms with E-state index in [2.05, 4.69) is 5.32 Å². The van der Waals surface area contributed by atoms with Gasteiger partial charge < -0.3 is 10.1 Å². The minimum atomic E-state index is -3.89. The molecule has 0 bridgehead atoms. The summed E-state index contributed by atoms with van der Waals surface area (Å²) in [6.45, 7) is 4.36. The Bertz CT molecular complexity index is 1220. The van der Waals surface area contributed by atoms with Gasteiger partial charge in [-0.1, -0.05) is 54.1 Å². The lowest BCUT2D eigenvalue weighted by molar-refractivity contribution is -0.120. The van der Waals surface area contributed by atoms with Crippen molar-refractivity contribution in [2.75, 3.05) is 11.9 Å². The van der Waals surface area contributed by atoms with Crippen molar-refractivity contribution in [2.24, 2.45) is 0 Å². The van der Waals surface area contributed by atoms with Crippen molar-refractivity contribution in [1.82, 2.24) is 4.31 Å². The third-order valence-electron chi connectivity index (χ3n) is 5.58. The monoisotopic (exact) mass is 450 g/mol. The molecule has 1 aliphatic rings. The zero-order valence-electron chi connectivity index (χ0n) is 18.1. The summed E-state index contributed by atoms with van der Waals surface area (Å²) in [5.74, 6) is 0.162. The quantitative estimate of drug-likeness (QED) is 0.612. The number of aryl methyl sites for hydroxylation is 1. The molecule has 1 heterocycles. The van der Waals surface area contributed by atoms with E-state index in [-0.39, 0.29) is 17.3 Å². The Kier molecular flexibility index (Phi) is 6.30. The molecule has 1 N–H and O–H groups in total. The van der Waals surface area contributed by atoms with Crippen molar-refractivity contribution >= 4 is 21.6 Å². The number of ether oxygens (including phenoxy) is 1. The number of fused-ring (bicyclic) bond motifs is 1. The van der Waals surface area contributed by atoms with Crippen LogP contribution in [0, 0.1) is 6.92 Å². The van der Waals surface area contributed by atoms with Crippen LogP contribution in [-0.2, 0) is 27.8 Å². The van der Waals surface area contributed by atoms with Crippen LogP contribution in [0.2, 0.25) is 0 Å². The van der Waals surface area contributed by atoms with Gasteiger partial charge in [-0.05, 0) is 55.7 Å². The van der Waals surface area contributed by atoms with Gasteiger partial charge in [0.15, 0.2) is 0 Å². The number of nitrogens with zero attached hydrogens (tertiary/aromatic N) is 1. The maximum absolute atomic E-state index is 13.6. The Morgan fingerprint density at radius 3 is 2.38 bits per heavy atom. The van der Waals surface area contributed by atoms with Gasteiger partial charge in [-0.15, -0.1) is 0 Å². The number of carbonyl (C=O) groups excluding carboxylic acids is 1. The molecule has 3 aromatic carbocycles. The molecule has 0 spiro atoms. The van der Waals surface area contributed by atoms with Gasteiger partial charge >= 0.3 is 0 Å². The molecule has 1 amide bonds. The predicted octanol–water partition coefficient (Wildman–Crippen LogP) is 4.15. The molecule has 0 saturated carbocycles. The molecule has 0 aromatic heterocycles. The van der Waals surface area contributed by atoms with E-state index in [1.165, 1.54) is 4.31 Å². The molecular weight excluding hydrogens is 424 g/mol. The van der Waals surface area contributed by atoms with Crippen molar-refractivity contribution in [3.05, 3.63) is 89.5 Å². The Hall–Kier alpha value is -3.16. The number of rotatable bonds is 6. The highest BCUT2D eigenvalue weighted by molar-refractivity contribution is 7.89. The summed E-state index contributed by atoms with van der Waals surface area (Å²) in [6, 6.07) is 20.6. The van der Waals surface area contributed by atoms with Crippen LogP contribution >= 0.6 is 0 Å². The summed E-state index contributed by atoms with van der Waals surface area (Å²) in [6.07, 6.45) is 0.296. The molecular formula is C25H26N2O4S. The minimum absolute atomic E-state index is 0.136. The van der Waals surface area contributed by atoms with E-state index in [0.29, 0.717) is 24.5 Å². The van der Waals surface area contributed by atoms with Crippen LogP contribution in [0.3, 0.4) is 0 Å². The predicted molar refractivity (Wildman–Crippen MR) is 124 cm³/mol. The van der Waals surface area contributed by atoms with E-state index < -0.39 is 16.1 Å². The smallest absolute Gasteiger partial charge is 0.244 e. The maximum atomic E-state index is 13.6. The standard InChI is InChI=1S/C25H26N2O4S/c1-3-31-24-11-7-6-10-22(24)26-25(28)23-16-19-8-4-5-9-20(19)17-27(23)32(29,30)21-14-12-18(2)13-15-21/h4-15,23H,3,16-17H2,1-2H3,(H,26,28). The van der Waals surface area contributed by atoms with Crippen molar-refractivity contribution in [3.63, 3.8) is 0 Å². The highest BCUT2D eigenvalue weighted by atomic mass is 32.2. The number of para-hydroxylation sites is 2. The Morgan fingerprint density at radius 1 is 1.00 bits per heavy atom. The molecule has 0 radical (unpaired) electrons. The SMILES string of the molecule is CCOc1ccccc1NC(=O)C1Cc2ccccc2CN1S(=O)(=O)c1ccc(C)cc1. The van der Waals surface area contributed by atoms with Crippen LogP contribution in [0.5, 0.6) is 5.75 Å². The average molecular weight is 451 g/mol. The molecule has 6 nitrogen and oxygen atoms in total. The first-order valence-corrected chi connectivity index (χ1v) is 12.0. The summed E-state index contributed by atoms with van der Waals surface area (Å²) in [5, 5.41) is 2.89. The maximum Gasteiger partial charge on any atom is 0.244 e. The molecule has 4 rings (SSSR count). The van der Waals surface area contributed by atoms with E-state index in [0.717, 1.165) is 16.7 Å². The zero-order valence-corrected chi connectivity index (χ0v) is 18.9. The number of anilines is 1. The van der Waals surface area contributed by atoms with Crippen molar-refractivity contribution < 1.29 is 17.9 Å². The molecule has 1 atom stereocenters. The highest BCUT2D eigenvalue weighted by Gasteiger charge is 2.39. The Balaban J connectivity index is 1.71. The molecule has 7 heteroatoms. The lowest BCUT2D eigenvalue weighted by Crippen LogP contribution is -2.50. The summed E-state index contributed by atoms with van der Waals surface area (Å²) in [4.78, 5) is 13.6. The number of amides is 1. The number of carbonyl (C=O) groups is 1. The normalized spacial score (nSPS) is 16.2. The van der Waals surface area contributed by atoms with Crippen LogP contribution in [0.4, 0.5) is 5.69 Å². The van der Waals surface area contributed by atoms with E-state index in [1.807, 2.05) is 44.2 Å². The van der Waals surface area contributed by atoms with Gasteiger partial charge in [0.25, 0.3) is 0 Å². The third-order valence-corrected chi connectivity index (χ3v) is 7.45. The molecule has 0 aliphatic carbocycles. The first-order valence-electron chi connectivity index (χ1n) is 10.6. The average Bonchev–Trinajstić information content (AvgIpc) is 2.80. The Labute approximate surface area is 188 Å². The van der Waals surface area contributed by atoms with Gasteiger partial charge in [-0.2, -0.15) is 4.31 Å². The van der Waals surface area contributed by atoms with Crippen molar-refractivity contribution in [3.8, 4) is 5.75 Å². The number of benzene rings is 3. The second-order valence-electron chi connectivity index (χ2n) is 7.77. The number of nitrogens with one attached hydrogen (secondary N) is 1. The number of hydrogen-bond donors (Lipinski definition) is 1. The molecule has 166 valence electrons. The Morgan fingerprint density at radius 2 is 1.66 bits per heavy atom. The minimum Gasteiger partial charge on any atom is -0.492 e. The van der Waals surface area contributed by atoms with Gasteiger partial charge in [0.05, 0.1) is 17.2 Å². The zero-order chi connectivity index (χ0) is 22.7. The summed E-state index contributed by atoms with van der Waals surface area (Å²) >= 11 is 0. The largest absolute Gasteiger partial charge is 0.492 e. The van der Waals surface area contributed by atoms with Gasteiger partial charge in [-0.3, -0.25) is 4.79 Å². The summed E-state index contributed by atoms with van der Waals surface area (Å²) in [7, 11) is -3.89. The van der Waals surface area contributed by atoms with Crippen molar-refractivity contribution in [1.29, 1.82) is 0 Å². The van der Waals surface area contributed by atoms with E-state index in [1.54, 1.807) is 42.5 Å². The fourth-order valence-electron chi connectivity index (χ4n) is 3.89. The van der Waals surface area contributed by atoms with Crippen LogP contribution in [-0.4, -0.2) is 31.3 Å². The lowest BCUT2D eigenvalue weighted by Gasteiger charge is -2.35. The van der Waals surface area contributed by atoms with Gasteiger partial charge in [0.1, 0.15) is 11.8 Å². The topological polar surface area (TPSA) is 75.7 Å². The fraction of sp³-hybridized carbons (Fsp3) is 0.240. The molecule has 0 fully saturated rings. The second kappa shape index (κ2) is 9.14. The van der Waals surface area contributed by atoms with Gasteiger partial charge in [0, 0.05) is 6.54 Å². The van der Waals surface area contributed by atoms with E-state index in [9.17, 15) is 13.2 Å². The van der Waals surface area contributed by atoms with Crippen LogP contribution in [0.15, 0.2) is 77.7 Å². The number of hydrogen-bond acceptors (Lipinski definition) is 4. The fourth-order valence-corrected chi connectivity index (χ4v) is 5.45. The second-order valence-corrected chi connectivity index (χ2v) is 9.66. The number of sulfonamides is 1. The van der Waals surface area contributed by atoms with E-state index in [4.69, 9.17) is 4.74 Å². The third kappa shape index (κ3) is 4.40. The molecule has 0 saturated heterocycles. The molecule has 1 aliphatic heterocycles. The van der Waals surface area contributed by atoms with Gasteiger partial charge in [0.2, 0.25) is 15.9 Å². The molecule has 32 heavy (non-hydrogen) atoms. The summed E-state index contributed by atoms with van der Waals surface area (Å²) < 4.78 is 34.0. The van der Waals surface area contributed by atoms with Crippen LogP contribution < -0.4 is 10.1 Å². The van der Waals surface area contributed by atoms with E-state index >= 15 is 0 Å². The first kappa shape index (κ1) is 22.0. The van der Waals surface area contributed by atoms with Crippen LogP contribution in [0.25, 0.3) is 0 Å². The van der Waals surface area contributed by atoms with Crippen molar-refractivity contribution in [2.45, 2.75) is 37.8 Å². The van der Waals surface area contributed by atoms with Crippen LogP contribution in [0.1, 0.15) is 23.6 Å². The highest BCUT2D eigenvalue weighted by Crippen LogP contribution is 2.31. The molecule has 1 unspecified atom stereocenters. The first-order chi connectivity index (χ1) is 15.4. The van der Waals surface area contributed by atoms with Gasteiger partial charge in [-0.25, -0.2) is 8.42 Å². The summed E-state index contributed by atoms with van der Waals surface area (Å²) in [5.41, 5.74) is 3.36. The molecule has 3 aromatic rings.